The minimum absolute atomic E-state index is 0.387. The van der Waals surface area contributed by atoms with Crippen LogP contribution in [0.5, 0.6) is 5.75 Å². The van der Waals surface area contributed by atoms with E-state index in [0.29, 0.717) is 23.4 Å². The summed E-state index contributed by atoms with van der Waals surface area (Å²) in [5.74, 6) is 2.61. The lowest BCUT2D eigenvalue weighted by atomic mass is 10.2. The van der Waals surface area contributed by atoms with Gasteiger partial charge in [-0.05, 0) is 43.9 Å². The molecule has 2 heterocycles. The van der Waals surface area contributed by atoms with Crippen LogP contribution in [0.3, 0.4) is 0 Å². The highest BCUT2D eigenvalue weighted by molar-refractivity contribution is 7.99. The zero-order chi connectivity index (χ0) is 19.2. The molecule has 0 unspecified atom stereocenters. The van der Waals surface area contributed by atoms with E-state index in [1.54, 1.807) is 11.8 Å². The number of aryl methyl sites for hydroxylation is 1. The molecule has 4 rings (SSSR count). The summed E-state index contributed by atoms with van der Waals surface area (Å²) in [5.41, 5.74) is 0. The molecule has 1 aliphatic rings. The van der Waals surface area contributed by atoms with Crippen LogP contribution < -0.4 is 4.74 Å². The molecular formula is C20H24ClN5OS. The molecule has 28 heavy (non-hydrogen) atoms. The van der Waals surface area contributed by atoms with E-state index in [4.69, 9.17) is 16.3 Å². The highest BCUT2D eigenvalue weighted by Gasteiger charge is 2.29. The van der Waals surface area contributed by atoms with Gasteiger partial charge in [-0.1, -0.05) is 41.9 Å². The van der Waals surface area contributed by atoms with Crippen LogP contribution in [0.2, 0.25) is 5.02 Å². The van der Waals surface area contributed by atoms with Crippen LogP contribution in [0.15, 0.2) is 47.9 Å². The van der Waals surface area contributed by atoms with Crippen LogP contribution in [0.4, 0.5) is 0 Å². The average molecular weight is 418 g/mol. The number of halogens is 1. The van der Waals surface area contributed by atoms with Gasteiger partial charge < -0.3 is 9.30 Å². The molecule has 0 saturated heterocycles. The summed E-state index contributed by atoms with van der Waals surface area (Å²) in [6, 6.07) is 10.00. The predicted molar refractivity (Wildman–Crippen MR) is 111 cm³/mol. The molecule has 1 fully saturated rings. The van der Waals surface area contributed by atoms with Crippen molar-refractivity contribution in [1.29, 1.82) is 0 Å². The Morgan fingerprint density at radius 2 is 2.00 bits per heavy atom. The molecule has 0 radical (unpaired) electrons. The van der Waals surface area contributed by atoms with Gasteiger partial charge in [0.2, 0.25) is 0 Å². The van der Waals surface area contributed by atoms with Gasteiger partial charge in [-0.3, -0.25) is 4.68 Å². The third-order valence-corrected chi connectivity index (χ3v) is 6.00. The first-order valence-corrected chi connectivity index (χ1v) is 11.1. The van der Waals surface area contributed by atoms with Gasteiger partial charge in [0.25, 0.3) is 0 Å². The van der Waals surface area contributed by atoms with Crippen LogP contribution in [-0.4, -0.2) is 30.3 Å². The summed E-state index contributed by atoms with van der Waals surface area (Å²) in [5, 5.41) is 14.7. The molecule has 8 heteroatoms. The van der Waals surface area contributed by atoms with Crippen molar-refractivity contribution in [2.24, 2.45) is 0 Å². The number of benzene rings is 1. The van der Waals surface area contributed by atoms with Gasteiger partial charge in [0.1, 0.15) is 12.4 Å². The van der Waals surface area contributed by atoms with Gasteiger partial charge in [0, 0.05) is 30.7 Å². The lowest BCUT2D eigenvalue weighted by Crippen LogP contribution is -2.07. The number of thioether (sulfide) groups is 1. The maximum Gasteiger partial charge on any atom is 0.191 e. The highest BCUT2D eigenvalue weighted by Crippen LogP contribution is 2.39. The summed E-state index contributed by atoms with van der Waals surface area (Å²) < 4.78 is 10.1. The van der Waals surface area contributed by atoms with Crippen molar-refractivity contribution in [3.8, 4) is 5.75 Å². The predicted octanol–water partition coefficient (Wildman–Crippen LogP) is 5.00. The lowest BCUT2D eigenvalue weighted by Gasteiger charge is -2.10. The van der Waals surface area contributed by atoms with E-state index in [1.165, 1.54) is 19.3 Å². The number of nitrogens with zero attached hydrogens (tertiary/aromatic N) is 5. The van der Waals surface area contributed by atoms with E-state index in [9.17, 15) is 0 Å². The van der Waals surface area contributed by atoms with Crippen molar-refractivity contribution in [3.05, 3.63) is 53.6 Å². The molecule has 0 atom stereocenters. The summed E-state index contributed by atoms with van der Waals surface area (Å²) in [6.45, 7) is 1.37. The maximum atomic E-state index is 6.18. The third kappa shape index (κ3) is 5.08. The van der Waals surface area contributed by atoms with Crippen molar-refractivity contribution >= 4 is 23.4 Å². The van der Waals surface area contributed by atoms with Crippen LogP contribution >= 0.6 is 23.4 Å². The topological polar surface area (TPSA) is 57.8 Å². The minimum atomic E-state index is 0.387. The molecule has 1 saturated carbocycles. The third-order valence-electron chi connectivity index (χ3n) is 4.66. The zero-order valence-electron chi connectivity index (χ0n) is 15.7. The van der Waals surface area contributed by atoms with Crippen LogP contribution in [0.25, 0.3) is 0 Å². The van der Waals surface area contributed by atoms with Gasteiger partial charge in [-0.15, -0.1) is 10.2 Å². The number of rotatable bonds is 11. The molecule has 148 valence electrons. The van der Waals surface area contributed by atoms with Gasteiger partial charge in [0.15, 0.2) is 11.0 Å². The van der Waals surface area contributed by atoms with Crippen LogP contribution in [0, 0.1) is 0 Å². The van der Waals surface area contributed by atoms with E-state index in [0.717, 1.165) is 36.1 Å². The standard InChI is InChI=1S/C20H24ClN5OS/c21-17-7-2-3-8-18(17)27-15-19-23-24-20(26(19)16-9-10-16)28-14-5-1-4-12-25-13-6-11-22-25/h2-3,6-8,11,13,16H,1,4-5,9-10,12,14-15H2. The van der Waals surface area contributed by atoms with Crippen molar-refractivity contribution in [1.82, 2.24) is 24.5 Å². The van der Waals surface area contributed by atoms with Crippen LogP contribution in [0.1, 0.15) is 44.0 Å². The molecule has 1 aromatic carbocycles. The molecule has 0 amide bonds. The SMILES string of the molecule is Clc1ccccc1OCc1nnc(SCCCCCn2cccn2)n1C1CC1. The van der Waals surface area contributed by atoms with Crippen molar-refractivity contribution in [3.63, 3.8) is 0 Å². The first-order valence-electron chi connectivity index (χ1n) is 9.72. The van der Waals surface area contributed by atoms with Crippen molar-refractivity contribution in [2.45, 2.75) is 56.5 Å². The number of ether oxygens (including phenoxy) is 1. The smallest absolute Gasteiger partial charge is 0.191 e. The van der Waals surface area contributed by atoms with Gasteiger partial charge in [-0.2, -0.15) is 5.10 Å². The Balaban J connectivity index is 1.26. The van der Waals surface area contributed by atoms with E-state index < -0.39 is 0 Å². The van der Waals surface area contributed by atoms with Crippen molar-refractivity contribution < 1.29 is 4.74 Å². The largest absolute Gasteiger partial charge is 0.484 e. The first kappa shape index (κ1) is 19.3. The molecule has 3 aromatic rings. The second-order valence-corrected chi connectivity index (χ2v) is 8.37. The van der Waals surface area contributed by atoms with Crippen molar-refractivity contribution in [2.75, 3.05) is 5.75 Å². The number of hydrogen-bond donors (Lipinski definition) is 0. The van der Waals surface area contributed by atoms with Gasteiger partial charge in [0.05, 0.1) is 5.02 Å². The molecule has 6 nitrogen and oxygen atoms in total. The Kier molecular flexibility index (Phi) is 6.54. The van der Waals surface area contributed by atoms with Gasteiger partial charge >= 0.3 is 0 Å². The van der Waals surface area contributed by atoms with E-state index in [-0.39, 0.29) is 0 Å². The Labute approximate surface area is 174 Å². The van der Waals surface area contributed by atoms with Gasteiger partial charge in [-0.25, -0.2) is 0 Å². The second-order valence-electron chi connectivity index (χ2n) is 6.90. The zero-order valence-corrected chi connectivity index (χ0v) is 17.3. The van der Waals surface area contributed by atoms with E-state index in [1.807, 2.05) is 47.4 Å². The number of para-hydroxylation sites is 1. The summed E-state index contributed by atoms with van der Waals surface area (Å²) in [7, 11) is 0. The molecule has 2 aromatic heterocycles. The summed E-state index contributed by atoms with van der Waals surface area (Å²) in [4.78, 5) is 0. The monoisotopic (exact) mass is 417 g/mol. The maximum absolute atomic E-state index is 6.18. The van der Waals surface area contributed by atoms with E-state index in [2.05, 4.69) is 19.9 Å². The minimum Gasteiger partial charge on any atom is -0.484 e. The quantitative estimate of drug-likeness (QED) is 0.324. The molecular weight excluding hydrogens is 394 g/mol. The fourth-order valence-corrected chi connectivity index (χ4v) is 4.27. The lowest BCUT2D eigenvalue weighted by molar-refractivity contribution is 0.288. The molecule has 0 bridgehead atoms. The Bertz CT molecular complexity index is 879. The highest BCUT2D eigenvalue weighted by atomic mass is 35.5. The molecule has 0 N–H and O–H groups in total. The van der Waals surface area contributed by atoms with E-state index >= 15 is 0 Å². The first-order chi connectivity index (χ1) is 13.8. The fourth-order valence-electron chi connectivity index (χ4n) is 3.06. The summed E-state index contributed by atoms with van der Waals surface area (Å²) in [6.07, 6.45) is 9.71. The van der Waals surface area contributed by atoms with Crippen LogP contribution in [-0.2, 0) is 13.2 Å². The second kappa shape index (κ2) is 9.47. The fraction of sp³-hybridized carbons (Fsp3) is 0.450. The molecule has 0 spiro atoms. The summed E-state index contributed by atoms with van der Waals surface area (Å²) >= 11 is 7.97. The number of unbranched alkanes of at least 4 members (excludes halogenated alkanes) is 2. The molecule has 1 aliphatic carbocycles. The Hall–Kier alpha value is -1.99. The number of aromatic nitrogens is 5. The Morgan fingerprint density at radius 3 is 2.79 bits per heavy atom. The Morgan fingerprint density at radius 1 is 1.11 bits per heavy atom. The average Bonchev–Trinajstić information content (AvgIpc) is 3.24. The number of hydrogen-bond acceptors (Lipinski definition) is 5. The molecule has 0 aliphatic heterocycles. The normalized spacial score (nSPS) is 13.8.